The van der Waals surface area contributed by atoms with E-state index in [1.165, 1.54) is 0 Å². The number of nitrogens with zero attached hydrogens (tertiary/aromatic N) is 1. The van der Waals surface area contributed by atoms with E-state index < -0.39 is 0 Å². The Bertz CT molecular complexity index is 774. The first-order valence-electron chi connectivity index (χ1n) is 9.22. The van der Waals surface area contributed by atoms with Crippen molar-refractivity contribution in [3.05, 3.63) is 59.1 Å². The van der Waals surface area contributed by atoms with E-state index in [9.17, 15) is 9.59 Å². The highest BCUT2D eigenvalue weighted by atomic mass is 35.5. The molecule has 0 aliphatic carbocycles. The summed E-state index contributed by atoms with van der Waals surface area (Å²) in [6, 6.07) is 14.2. The molecule has 0 fully saturated rings. The number of anilines is 2. The molecule has 0 unspecified atom stereocenters. The topological polar surface area (TPSA) is 61.4 Å². The molecular weight excluding hydrogens is 362 g/mol. The molecular formula is C21H26ClN3O2. The number of nitrogens with one attached hydrogen (secondary N) is 2. The molecule has 0 aliphatic heterocycles. The summed E-state index contributed by atoms with van der Waals surface area (Å²) < 4.78 is 0. The van der Waals surface area contributed by atoms with E-state index in [0.717, 1.165) is 31.6 Å². The SMILES string of the molecule is CCCN(CCC)C(=O)c1cccc(NC(=O)CNc2cccc(Cl)c2)c1. The van der Waals surface area contributed by atoms with Crippen LogP contribution in [0.4, 0.5) is 11.4 Å². The molecule has 2 aromatic rings. The number of hydrogen-bond donors (Lipinski definition) is 2. The van der Waals surface area contributed by atoms with Crippen molar-refractivity contribution >= 4 is 34.8 Å². The van der Waals surface area contributed by atoms with Gasteiger partial charge in [0.25, 0.3) is 5.91 Å². The van der Waals surface area contributed by atoms with Crippen molar-refractivity contribution < 1.29 is 9.59 Å². The van der Waals surface area contributed by atoms with Gasteiger partial charge in [-0.05, 0) is 49.2 Å². The third-order valence-corrected chi connectivity index (χ3v) is 4.18. The van der Waals surface area contributed by atoms with Gasteiger partial charge in [0, 0.05) is 35.1 Å². The zero-order chi connectivity index (χ0) is 19.6. The number of carbonyl (C=O) groups excluding carboxylic acids is 2. The van der Waals surface area contributed by atoms with Gasteiger partial charge in [-0.25, -0.2) is 0 Å². The monoisotopic (exact) mass is 387 g/mol. The number of benzene rings is 2. The normalized spacial score (nSPS) is 10.3. The van der Waals surface area contributed by atoms with Crippen molar-refractivity contribution in [2.24, 2.45) is 0 Å². The summed E-state index contributed by atoms with van der Waals surface area (Å²) in [5, 5.41) is 6.45. The molecule has 0 atom stereocenters. The molecule has 0 spiro atoms. The summed E-state index contributed by atoms with van der Waals surface area (Å²) in [4.78, 5) is 26.7. The predicted molar refractivity (Wildman–Crippen MR) is 111 cm³/mol. The van der Waals surface area contributed by atoms with Crippen LogP contribution >= 0.6 is 11.6 Å². The molecule has 0 bridgehead atoms. The Labute approximate surface area is 165 Å². The maximum Gasteiger partial charge on any atom is 0.253 e. The van der Waals surface area contributed by atoms with Crippen LogP contribution in [0.15, 0.2) is 48.5 Å². The van der Waals surface area contributed by atoms with Gasteiger partial charge in [0.05, 0.1) is 6.54 Å². The van der Waals surface area contributed by atoms with Crippen molar-refractivity contribution in [3.8, 4) is 0 Å². The Morgan fingerprint density at radius 1 is 0.963 bits per heavy atom. The molecule has 2 rings (SSSR count). The summed E-state index contributed by atoms with van der Waals surface area (Å²) in [5.41, 5.74) is 1.96. The van der Waals surface area contributed by atoms with Crippen LogP contribution in [0, 0.1) is 0 Å². The molecule has 5 nitrogen and oxygen atoms in total. The van der Waals surface area contributed by atoms with Gasteiger partial charge in [-0.3, -0.25) is 9.59 Å². The minimum Gasteiger partial charge on any atom is -0.376 e. The first-order valence-corrected chi connectivity index (χ1v) is 9.60. The zero-order valence-electron chi connectivity index (χ0n) is 15.8. The van der Waals surface area contributed by atoms with Crippen molar-refractivity contribution in [1.29, 1.82) is 0 Å². The van der Waals surface area contributed by atoms with Crippen LogP contribution in [0.5, 0.6) is 0 Å². The zero-order valence-corrected chi connectivity index (χ0v) is 16.6. The Morgan fingerprint density at radius 3 is 2.30 bits per heavy atom. The molecule has 27 heavy (non-hydrogen) atoms. The molecule has 0 aliphatic rings. The lowest BCUT2D eigenvalue weighted by molar-refractivity contribution is -0.114. The molecule has 0 radical (unpaired) electrons. The molecule has 0 saturated heterocycles. The van der Waals surface area contributed by atoms with Gasteiger partial charge >= 0.3 is 0 Å². The number of halogens is 1. The third kappa shape index (κ3) is 6.61. The van der Waals surface area contributed by atoms with Crippen LogP contribution in [0.2, 0.25) is 5.02 Å². The smallest absolute Gasteiger partial charge is 0.253 e. The van der Waals surface area contributed by atoms with E-state index in [2.05, 4.69) is 24.5 Å². The fraction of sp³-hybridized carbons (Fsp3) is 0.333. The summed E-state index contributed by atoms with van der Waals surface area (Å²) in [7, 11) is 0. The standard InChI is InChI=1S/C21H26ClN3O2/c1-3-11-25(12-4-2)21(27)16-7-5-10-19(13-16)24-20(26)15-23-18-9-6-8-17(22)14-18/h5-10,13-14,23H,3-4,11-12,15H2,1-2H3,(H,24,26). The fourth-order valence-electron chi connectivity index (χ4n) is 2.75. The average Bonchev–Trinajstić information content (AvgIpc) is 2.66. The van der Waals surface area contributed by atoms with Crippen LogP contribution in [-0.2, 0) is 4.79 Å². The molecule has 2 amide bonds. The minimum atomic E-state index is -0.196. The van der Waals surface area contributed by atoms with Crippen molar-refractivity contribution in [2.75, 3.05) is 30.3 Å². The lowest BCUT2D eigenvalue weighted by Crippen LogP contribution is -2.32. The molecule has 6 heteroatoms. The Hall–Kier alpha value is -2.53. The van der Waals surface area contributed by atoms with E-state index in [0.29, 0.717) is 16.3 Å². The quantitative estimate of drug-likeness (QED) is 0.658. The first-order chi connectivity index (χ1) is 13.0. The number of carbonyl (C=O) groups is 2. The van der Waals surface area contributed by atoms with Gasteiger partial charge < -0.3 is 15.5 Å². The largest absolute Gasteiger partial charge is 0.376 e. The number of rotatable bonds is 9. The fourth-order valence-corrected chi connectivity index (χ4v) is 2.94. The summed E-state index contributed by atoms with van der Waals surface area (Å²) in [6.07, 6.45) is 1.83. The van der Waals surface area contributed by atoms with Gasteiger partial charge in [-0.1, -0.05) is 37.6 Å². The summed E-state index contributed by atoms with van der Waals surface area (Å²) in [6.45, 7) is 5.68. The Morgan fingerprint density at radius 2 is 1.63 bits per heavy atom. The van der Waals surface area contributed by atoms with Crippen LogP contribution < -0.4 is 10.6 Å². The highest BCUT2D eigenvalue weighted by Crippen LogP contribution is 2.16. The van der Waals surface area contributed by atoms with Gasteiger partial charge in [0.2, 0.25) is 5.91 Å². The molecule has 2 N–H and O–H groups in total. The van der Waals surface area contributed by atoms with Crippen molar-refractivity contribution in [3.63, 3.8) is 0 Å². The van der Waals surface area contributed by atoms with E-state index in [1.807, 2.05) is 17.0 Å². The Balaban J connectivity index is 1.97. The highest BCUT2D eigenvalue weighted by Gasteiger charge is 2.15. The van der Waals surface area contributed by atoms with Gasteiger partial charge in [-0.15, -0.1) is 0 Å². The third-order valence-electron chi connectivity index (χ3n) is 3.95. The number of hydrogen-bond acceptors (Lipinski definition) is 3. The van der Waals surface area contributed by atoms with Gasteiger partial charge in [-0.2, -0.15) is 0 Å². The Kier molecular flexibility index (Phi) is 8.14. The first kappa shape index (κ1) is 20.8. The lowest BCUT2D eigenvalue weighted by Gasteiger charge is -2.21. The van der Waals surface area contributed by atoms with E-state index >= 15 is 0 Å². The summed E-state index contributed by atoms with van der Waals surface area (Å²) in [5.74, 6) is -0.203. The molecule has 0 aromatic heterocycles. The highest BCUT2D eigenvalue weighted by molar-refractivity contribution is 6.30. The van der Waals surface area contributed by atoms with Gasteiger partial charge in [0.1, 0.15) is 0 Å². The van der Waals surface area contributed by atoms with Gasteiger partial charge in [0.15, 0.2) is 0 Å². The van der Waals surface area contributed by atoms with Crippen LogP contribution in [0.1, 0.15) is 37.0 Å². The van der Waals surface area contributed by atoms with Crippen LogP contribution in [0.25, 0.3) is 0 Å². The van der Waals surface area contributed by atoms with E-state index in [1.54, 1.807) is 36.4 Å². The molecule has 144 valence electrons. The van der Waals surface area contributed by atoms with E-state index in [-0.39, 0.29) is 18.4 Å². The lowest BCUT2D eigenvalue weighted by atomic mass is 10.1. The number of amides is 2. The summed E-state index contributed by atoms with van der Waals surface area (Å²) >= 11 is 5.93. The van der Waals surface area contributed by atoms with Crippen LogP contribution in [0.3, 0.4) is 0 Å². The molecule has 2 aromatic carbocycles. The average molecular weight is 388 g/mol. The van der Waals surface area contributed by atoms with E-state index in [4.69, 9.17) is 11.6 Å². The van der Waals surface area contributed by atoms with Crippen molar-refractivity contribution in [1.82, 2.24) is 4.90 Å². The molecule has 0 heterocycles. The predicted octanol–water partition coefficient (Wildman–Crippen LogP) is 4.65. The minimum absolute atomic E-state index is 0.00754. The molecule has 0 saturated carbocycles. The van der Waals surface area contributed by atoms with Crippen LogP contribution in [-0.4, -0.2) is 36.3 Å². The second kappa shape index (κ2) is 10.6. The second-order valence-corrected chi connectivity index (χ2v) is 6.72. The maximum atomic E-state index is 12.7. The van der Waals surface area contributed by atoms with Crippen molar-refractivity contribution in [2.45, 2.75) is 26.7 Å². The maximum absolute atomic E-state index is 12.7. The second-order valence-electron chi connectivity index (χ2n) is 6.29.